The highest BCUT2D eigenvalue weighted by molar-refractivity contribution is 7.89. The van der Waals surface area contributed by atoms with Gasteiger partial charge in [0.1, 0.15) is 0 Å². The first-order valence-electron chi connectivity index (χ1n) is 11.7. The Morgan fingerprint density at radius 3 is 2.29 bits per heavy atom. The zero-order valence-corrected chi connectivity index (χ0v) is 19.7. The Balaban J connectivity index is 1.68. The van der Waals surface area contributed by atoms with Crippen molar-refractivity contribution in [3.63, 3.8) is 0 Å². The Kier molecular flexibility index (Phi) is 6.89. The van der Waals surface area contributed by atoms with E-state index in [1.807, 2.05) is 11.0 Å². The van der Waals surface area contributed by atoms with Crippen LogP contribution in [0.1, 0.15) is 55.3 Å². The number of anilines is 1. The molecule has 1 unspecified atom stereocenters. The summed E-state index contributed by atoms with van der Waals surface area (Å²) < 4.78 is 28.2. The molecule has 0 aromatic heterocycles. The minimum Gasteiger partial charge on any atom is -0.371 e. The van der Waals surface area contributed by atoms with Gasteiger partial charge in [-0.2, -0.15) is 4.31 Å². The molecule has 3 aliphatic rings. The quantitative estimate of drug-likeness (QED) is 0.693. The van der Waals surface area contributed by atoms with Gasteiger partial charge in [0.05, 0.1) is 10.5 Å². The number of carbonyl (C=O) groups excluding carboxylic acids is 1. The Hall–Kier alpha value is -1.64. The van der Waals surface area contributed by atoms with Gasteiger partial charge in [0, 0.05) is 51.0 Å². The molecule has 3 fully saturated rings. The molecule has 3 saturated heterocycles. The Bertz CT molecular complexity index is 890. The van der Waals surface area contributed by atoms with Crippen molar-refractivity contribution in [2.45, 2.75) is 55.9 Å². The van der Waals surface area contributed by atoms with Crippen LogP contribution in [0.2, 0.25) is 0 Å². The molecule has 1 amide bonds. The standard InChI is InChI=1S/C23H36N4O3S/c1-24(2)19-9-8-14-26(18-19)23(28)21-17-20(10-11-22(21)25-12-6-7-13-25)31(29,30)27-15-4-3-5-16-27/h10-11,17,19H,3-9,12-16,18H2,1-2H3. The molecule has 3 aliphatic heterocycles. The molecule has 0 N–H and O–H groups in total. The van der Waals surface area contributed by atoms with Crippen molar-refractivity contribution in [1.29, 1.82) is 0 Å². The summed E-state index contributed by atoms with van der Waals surface area (Å²) in [5.74, 6) is -0.0378. The molecule has 1 aromatic carbocycles. The van der Waals surface area contributed by atoms with Gasteiger partial charge >= 0.3 is 0 Å². The lowest BCUT2D eigenvalue weighted by atomic mass is 10.0. The molecular weight excluding hydrogens is 412 g/mol. The summed E-state index contributed by atoms with van der Waals surface area (Å²) in [5.41, 5.74) is 1.42. The fourth-order valence-electron chi connectivity index (χ4n) is 5.07. The minimum atomic E-state index is -3.58. The lowest BCUT2D eigenvalue weighted by Crippen LogP contribution is -2.47. The normalized spacial score (nSPS) is 23.5. The molecule has 0 radical (unpaired) electrons. The maximum absolute atomic E-state index is 13.7. The topological polar surface area (TPSA) is 64.2 Å². The number of likely N-dealkylation sites (tertiary alicyclic amines) is 1. The summed E-state index contributed by atoms with van der Waals surface area (Å²) in [6, 6.07) is 5.56. The summed E-state index contributed by atoms with van der Waals surface area (Å²) in [4.78, 5) is 20.3. The number of sulfonamides is 1. The van der Waals surface area contributed by atoms with E-state index in [1.165, 1.54) is 0 Å². The SMILES string of the molecule is CN(C)C1CCCN(C(=O)c2cc(S(=O)(=O)N3CCCCC3)ccc2N2CCCC2)C1. The van der Waals surface area contributed by atoms with Crippen LogP contribution >= 0.6 is 0 Å². The van der Waals surface area contributed by atoms with Gasteiger partial charge in [-0.25, -0.2) is 8.42 Å². The number of benzene rings is 1. The second kappa shape index (κ2) is 9.46. The summed E-state index contributed by atoms with van der Waals surface area (Å²) >= 11 is 0. The van der Waals surface area contributed by atoms with Gasteiger partial charge in [-0.15, -0.1) is 0 Å². The molecule has 8 heteroatoms. The minimum absolute atomic E-state index is 0.0378. The Morgan fingerprint density at radius 1 is 0.935 bits per heavy atom. The Labute approximate surface area is 187 Å². The van der Waals surface area contributed by atoms with Gasteiger partial charge in [0.15, 0.2) is 0 Å². The number of piperidine rings is 2. The predicted octanol–water partition coefficient (Wildman–Crippen LogP) is 2.63. The van der Waals surface area contributed by atoms with E-state index < -0.39 is 10.0 Å². The number of hydrogen-bond donors (Lipinski definition) is 0. The van der Waals surface area contributed by atoms with Crippen molar-refractivity contribution in [2.24, 2.45) is 0 Å². The molecule has 4 rings (SSSR count). The molecule has 0 spiro atoms. The van der Waals surface area contributed by atoms with Gasteiger partial charge in [-0.1, -0.05) is 6.42 Å². The lowest BCUT2D eigenvalue weighted by molar-refractivity contribution is 0.0635. The van der Waals surface area contributed by atoms with Gasteiger partial charge in [0.2, 0.25) is 10.0 Å². The van der Waals surface area contributed by atoms with E-state index in [9.17, 15) is 13.2 Å². The number of likely N-dealkylation sites (N-methyl/N-ethyl adjacent to an activating group) is 1. The third-order valence-electron chi connectivity index (χ3n) is 7.01. The average molecular weight is 449 g/mol. The van der Waals surface area contributed by atoms with E-state index in [2.05, 4.69) is 23.9 Å². The Morgan fingerprint density at radius 2 is 1.61 bits per heavy atom. The van der Waals surface area contributed by atoms with Crippen molar-refractivity contribution in [3.8, 4) is 0 Å². The number of carbonyl (C=O) groups is 1. The molecule has 1 atom stereocenters. The summed E-state index contributed by atoms with van der Waals surface area (Å²) in [6.07, 6.45) is 7.14. The van der Waals surface area contributed by atoms with E-state index in [-0.39, 0.29) is 10.8 Å². The molecule has 0 aliphatic carbocycles. The zero-order chi connectivity index (χ0) is 22.0. The van der Waals surface area contributed by atoms with Gasteiger partial charge in [-0.3, -0.25) is 4.79 Å². The number of nitrogens with zero attached hydrogens (tertiary/aromatic N) is 4. The molecule has 7 nitrogen and oxygen atoms in total. The van der Waals surface area contributed by atoms with Crippen molar-refractivity contribution < 1.29 is 13.2 Å². The smallest absolute Gasteiger partial charge is 0.256 e. The molecule has 172 valence electrons. The highest BCUT2D eigenvalue weighted by Crippen LogP contribution is 2.31. The fraction of sp³-hybridized carbons (Fsp3) is 0.696. The second-order valence-electron chi connectivity index (χ2n) is 9.35. The lowest BCUT2D eigenvalue weighted by Gasteiger charge is -2.37. The number of amides is 1. The number of rotatable bonds is 5. The highest BCUT2D eigenvalue weighted by atomic mass is 32.2. The van der Waals surface area contributed by atoms with Gasteiger partial charge in [0.25, 0.3) is 5.91 Å². The van der Waals surface area contributed by atoms with Crippen LogP contribution in [0, 0.1) is 0 Å². The van der Waals surface area contributed by atoms with Crippen molar-refractivity contribution in [3.05, 3.63) is 23.8 Å². The average Bonchev–Trinajstić information content (AvgIpc) is 3.33. The van der Waals surface area contributed by atoms with E-state index >= 15 is 0 Å². The van der Waals surface area contributed by atoms with Crippen LogP contribution in [0.15, 0.2) is 23.1 Å². The van der Waals surface area contributed by atoms with Crippen LogP contribution < -0.4 is 4.90 Å². The molecule has 31 heavy (non-hydrogen) atoms. The predicted molar refractivity (Wildman–Crippen MR) is 123 cm³/mol. The largest absolute Gasteiger partial charge is 0.371 e. The highest BCUT2D eigenvalue weighted by Gasteiger charge is 2.31. The zero-order valence-electron chi connectivity index (χ0n) is 18.9. The monoisotopic (exact) mass is 448 g/mol. The van der Waals surface area contributed by atoms with Crippen LogP contribution in [-0.2, 0) is 10.0 Å². The third kappa shape index (κ3) is 4.76. The summed E-state index contributed by atoms with van der Waals surface area (Å²) in [5, 5.41) is 0. The maximum atomic E-state index is 13.7. The molecule has 0 bridgehead atoms. The fourth-order valence-corrected chi connectivity index (χ4v) is 6.61. The van der Waals surface area contributed by atoms with Crippen LogP contribution in [-0.4, -0.2) is 87.8 Å². The maximum Gasteiger partial charge on any atom is 0.256 e. The van der Waals surface area contributed by atoms with Crippen molar-refractivity contribution in [1.82, 2.24) is 14.1 Å². The van der Waals surface area contributed by atoms with E-state index in [4.69, 9.17) is 0 Å². The van der Waals surface area contributed by atoms with Crippen LogP contribution in [0.25, 0.3) is 0 Å². The first-order valence-corrected chi connectivity index (χ1v) is 13.2. The molecule has 0 saturated carbocycles. The first kappa shape index (κ1) is 22.6. The molecule has 3 heterocycles. The number of hydrogen-bond acceptors (Lipinski definition) is 5. The summed E-state index contributed by atoms with van der Waals surface area (Å²) in [6.45, 7) is 4.38. The first-order chi connectivity index (χ1) is 14.9. The van der Waals surface area contributed by atoms with Crippen molar-refractivity contribution >= 4 is 21.6 Å². The molecule has 1 aromatic rings. The second-order valence-corrected chi connectivity index (χ2v) is 11.3. The van der Waals surface area contributed by atoms with E-state index in [0.717, 1.165) is 70.3 Å². The van der Waals surface area contributed by atoms with Crippen LogP contribution in [0.3, 0.4) is 0 Å². The van der Waals surface area contributed by atoms with Gasteiger partial charge < -0.3 is 14.7 Å². The van der Waals surface area contributed by atoms with Crippen molar-refractivity contribution in [2.75, 3.05) is 58.3 Å². The molecular formula is C23H36N4O3S. The van der Waals surface area contributed by atoms with E-state index in [1.54, 1.807) is 16.4 Å². The van der Waals surface area contributed by atoms with Crippen LogP contribution in [0.4, 0.5) is 5.69 Å². The van der Waals surface area contributed by atoms with E-state index in [0.29, 0.717) is 31.2 Å². The summed E-state index contributed by atoms with van der Waals surface area (Å²) in [7, 11) is 0.534. The van der Waals surface area contributed by atoms with Gasteiger partial charge in [-0.05, 0) is 70.8 Å². The van der Waals surface area contributed by atoms with Crippen LogP contribution in [0.5, 0.6) is 0 Å². The third-order valence-corrected chi connectivity index (χ3v) is 8.91.